The summed E-state index contributed by atoms with van der Waals surface area (Å²) in [7, 11) is 0. The van der Waals surface area contributed by atoms with Crippen LogP contribution in [0.1, 0.15) is 10.6 Å². The van der Waals surface area contributed by atoms with Crippen molar-refractivity contribution in [3.05, 3.63) is 22.0 Å². The molecule has 0 saturated carbocycles. The van der Waals surface area contributed by atoms with Gasteiger partial charge in [0, 0.05) is 6.54 Å². The van der Waals surface area contributed by atoms with Crippen LogP contribution in [-0.4, -0.2) is 10.2 Å². The molecular formula is C8H9N3S2. The minimum absolute atomic E-state index is 0.474. The number of thiophene rings is 1. The standard InChI is InChI=1S/C8H9N3S2/c1-5-2-3-12-7(5)8-11-10-6(4-9)13-8/h2-3H,4,9H2,1H3. The van der Waals surface area contributed by atoms with Gasteiger partial charge in [-0.2, -0.15) is 0 Å². The Hall–Kier alpha value is -0.780. The third kappa shape index (κ3) is 1.63. The number of hydrogen-bond acceptors (Lipinski definition) is 5. The molecule has 0 radical (unpaired) electrons. The van der Waals surface area contributed by atoms with Crippen LogP contribution < -0.4 is 5.73 Å². The molecule has 0 amide bonds. The van der Waals surface area contributed by atoms with Crippen LogP contribution >= 0.6 is 22.7 Å². The molecule has 5 heteroatoms. The average molecular weight is 211 g/mol. The molecule has 2 aromatic heterocycles. The SMILES string of the molecule is Cc1ccsc1-c1nnc(CN)s1. The molecule has 0 atom stereocenters. The van der Waals surface area contributed by atoms with Crippen LogP contribution in [0.15, 0.2) is 11.4 Å². The highest BCUT2D eigenvalue weighted by Crippen LogP contribution is 2.30. The van der Waals surface area contributed by atoms with Crippen molar-refractivity contribution in [2.75, 3.05) is 0 Å². The van der Waals surface area contributed by atoms with E-state index in [2.05, 4.69) is 28.6 Å². The number of aromatic nitrogens is 2. The molecule has 0 aliphatic carbocycles. The van der Waals surface area contributed by atoms with Gasteiger partial charge in [-0.05, 0) is 23.9 Å². The van der Waals surface area contributed by atoms with Gasteiger partial charge in [0.2, 0.25) is 0 Å². The van der Waals surface area contributed by atoms with Gasteiger partial charge >= 0.3 is 0 Å². The average Bonchev–Trinajstić information content (AvgIpc) is 2.71. The molecule has 2 aromatic rings. The Kier molecular flexibility index (Phi) is 2.39. The van der Waals surface area contributed by atoms with Crippen molar-refractivity contribution in [3.63, 3.8) is 0 Å². The highest BCUT2D eigenvalue weighted by atomic mass is 32.1. The molecule has 0 spiro atoms. The molecule has 0 unspecified atom stereocenters. The number of rotatable bonds is 2. The van der Waals surface area contributed by atoms with Gasteiger partial charge in [-0.1, -0.05) is 11.3 Å². The van der Waals surface area contributed by atoms with E-state index in [4.69, 9.17) is 5.73 Å². The smallest absolute Gasteiger partial charge is 0.158 e. The Morgan fingerprint density at radius 1 is 1.46 bits per heavy atom. The van der Waals surface area contributed by atoms with Crippen molar-refractivity contribution in [1.82, 2.24) is 10.2 Å². The first kappa shape index (κ1) is 8.80. The van der Waals surface area contributed by atoms with E-state index in [1.807, 2.05) is 0 Å². The van der Waals surface area contributed by atoms with Gasteiger partial charge in [0.15, 0.2) is 5.01 Å². The second-order valence-electron chi connectivity index (χ2n) is 2.64. The van der Waals surface area contributed by atoms with E-state index in [-0.39, 0.29) is 0 Å². The largest absolute Gasteiger partial charge is 0.324 e. The summed E-state index contributed by atoms with van der Waals surface area (Å²) in [6, 6.07) is 2.09. The normalized spacial score (nSPS) is 10.6. The zero-order valence-electron chi connectivity index (χ0n) is 7.15. The van der Waals surface area contributed by atoms with E-state index >= 15 is 0 Å². The lowest BCUT2D eigenvalue weighted by Gasteiger charge is -1.89. The minimum Gasteiger partial charge on any atom is -0.324 e. The van der Waals surface area contributed by atoms with E-state index in [0.717, 1.165) is 10.0 Å². The Bertz CT molecular complexity index is 405. The van der Waals surface area contributed by atoms with Crippen molar-refractivity contribution in [3.8, 4) is 9.88 Å². The van der Waals surface area contributed by atoms with E-state index in [1.165, 1.54) is 10.4 Å². The second-order valence-corrected chi connectivity index (χ2v) is 4.62. The lowest BCUT2D eigenvalue weighted by molar-refractivity contribution is 0.960. The fourth-order valence-corrected chi connectivity index (χ4v) is 2.82. The molecule has 0 aromatic carbocycles. The van der Waals surface area contributed by atoms with Gasteiger partial charge in [0.1, 0.15) is 5.01 Å². The Morgan fingerprint density at radius 2 is 2.31 bits per heavy atom. The Morgan fingerprint density at radius 3 is 2.85 bits per heavy atom. The van der Waals surface area contributed by atoms with Crippen molar-refractivity contribution >= 4 is 22.7 Å². The number of aryl methyl sites for hydroxylation is 1. The summed E-state index contributed by atoms with van der Waals surface area (Å²) in [5, 5.41) is 12.0. The minimum atomic E-state index is 0.474. The summed E-state index contributed by atoms with van der Waals surface area (Å²) in [5.41, 5.74) is 6.72. The van der Waals surface area contributed by atoms with Crippen LogP contribution in [0, 0.1) is 6.92 Å². The Labute approximate surface area is 84.2 Å². The zero-order valence-corrected chi connectivity index (χ0v) is 8.78. The molecule has 0 aliphatic rings. The van der Waals surface area contributed by atoms with Crippen LogP contribution in [0.4, 0.5) is 0 Å². The van der Waals surface area contributed by atoms with Crippen molar-refractivity contribution < 1.29 is 0 Å². The third-order valence-electron chi connectivity index (χ3n) is 1.70. The maximum Gasteiger partial charge on any atom is 0.158 e. The van der Waals surface area contributed by atoms with Crippen LogP contribution in [0.25, 0.3) is 9.88 Å². The maximum atomic E-state index is 5.47. The lowest BCUT2D eigenvalue weighted by Crippen LogP contribution is -1.94. The zero-order chi connectivity index (χ0) is 9.26. The summed E-state index contributed by atoms with van der Waals surface area (Å²) in [6.07, 6.45) is 0. The predicted octanol–water partition coefficient (Wildman–Crippen LogP) is 2.03. The highest BCUT2D eigenvalue weighted by molar-refractivity contribution is 7.20. The van der Waals surface area contributed by atoms with Crippen molar-refractivity contribution in [1.29, 1.82) is 0 Å². The topological polar surface area (TPSA) is 51.8 Å². The molecule has 68 valence electrons. The summed E-state index contributed by atoms with van der Waals surface area (Å²) in [4.78, 5) is 1.21. The first-order chi connectivity index (χ1) is 6.31. The number of nitrogens with two attached hydrogens (primary N) is 1. The molecule has 13 heavy (non-hydrogen) atoms. The monoisotopic (exact) mass is 211 g/mol. The molecule has 2 heterocycles. The van der Waals surface area contributed by atoms with Gasteiger partial charge in [-0.25, -0.2) is 0 Å². The molecule has 2 N–H and O–H groups in total. The van der Waals surface area contributed by atoms with Crippen molar-refractivity contribution in [2.45, 2.75) is 13.5 Å². The van der Waals surface area contributed by atoms with E-state index in [0.29, 0.717) is 6.54 Å². The third-order valence-corrected chi connectivity index (χ3v) is 3.81. The van der Waals surface area contributed by atoms with Gasteiger partial charge in [0.25, 0.3) is 0 Å². The summed E-state index contributed by atoms with van der Waals surface area (Å²) in [5.74, 6) is 0. The highest BCUT2D eigenvalue weighted by Gasteiger charge is 2.08. The van der Waals surface area contributed by atoms with E-state index < -0.39 is 0 Å². The summed E-state index contributed by atoms with van der Waals surface area (Å²) in [6.45, 7) is 2.55. The molecule has 0 saturated heterocycles. The first-order valence-corrected chi connectivity index (χ1v) is 5.58. The number of nitrogens with zero attached hydrogens (tertiary/aromatic N) is 2. The Balaban J connectivity index is 2.41. The van der Waals surface area contributed by atoms with Gasteiger partial charge in [-0.3, -0.25) is 0 Å². The summed E-state index contributed by atoms with van der Waals surface area (Å²) < 4.78 is 0. The summed E-state index contributed by atoms with van der Waals surface area (Å²) >= 11 is 3.26. The quantitative estimate of drug-likeness (QED) is 0.827. The molecule has 0 aliphatic heterocycles. The molecular weight excluding hydrogens is 202 g/mol. The predicted molar refractivity (Wildman–Crippen MR) is 55.9 cm³/mol. The molecule has 0 fully saturated rings. The van der Waals surface area contributed by atoms with Crippen molar-refractivity contribution in [2.24, 2.45) is 5.73 Å². The van der Waals surface area contributed by atoms with E-state index in [1.54, 1.807) is 22.7 Å². The van der Waals surface area contributed by atoms with Crippen LogP contribution in [0.5, 0.6) is 0 Å². The second kappa shape index (κ2) is 3.53. The fraction of sp³-hybridized carbons (Fsp3) is 0.250. The molecule has 3 nitrogen and oxygen atoms in total. The van der Waals surface area contributed by atoms with Gasteiger partial charge < -0.3 is 5.73 Å². The van der Waals surface area contributed by atoms with E-state index in [9.17, 15) is 0 Å². The molecule has 0 bridgehead atoms. The van der Waals surface area contributed by atoms with Crippen LogP contribution in [0.3, 0.4) is 0 Å². The first-order valence-electron chi connectivity index (χ1n) is 3.88. The molecule has 2 rings (SSSR count). The van der Waals surface area contributed by atoms with Crippen LogP contribution in [-0.2, 0) is 6.54 Å². The van der Waals surface area contributed by atoms with Gasteiger partial charge in [-0.15, -0.1) is 21.5 Å². The fourth-order valence-electron chi connectivity index (χ4n) is 1.02. The maximum absolute atomic E-state index is 5.47. The lowest BCUT2D eigenvalue weighted by atomic mass is 10.3. The number of hydrogen-bond donors (Lipinski definition) is 1. The van der Waals surface area contributed by atoms with Crippen LogP contribution in [0.2, 0.25) is 0 Å². The van der Waals surface area contributed by atoms with Gasteiger partial charge in [0.05, 0.1) is 4.88 Å².